The van der Waals surface area contributed by atoms with Crippen molar-refractivity contribution in [3.05, 3.63) is 35.9 Å². The smallest absolute Gasteiger partial charge is 0.0641 e. The second-order valence-electron chi connectivity index (χ2n) is 5.37. The molecular formula is C16H22N2O. The zero-order chi connectivity index (χ0) is 13.5. The first-order valence-electron chi connectivity index (χ1n) is 7.11. The molecule has 0 saturated heterocycles. The van der Waals surface area contributed by atoms with Crippen LogP contribution in [0.25, 0.3) is 0 Å². The van der Waals surface area contributed by atoms with E-state index in [-0.39, 0.29) is 6.04 Å². The van der Waals surface area contributed by atoms with Gasteiger partial charge in [0.2, 0.25) is 0 Å². The number of nitrogens with one attached hydrogen (secondary N) is 1. The van der Waals surface area contributed by atoms with Gasteiger partial charge in [0.05, 0.1) is 12.5 Å². The average molecular weight is 258 g/mol. The van der Waals surface area contributed by atoms with E-state index in [0.717, 1.165) is 13.0 Å². The summed E-state index contributed by atoms with van der Waals surface area (Å²) in [6.45, 7) is 1.19. The highest BCUT2D eigenvalue weighted by Crippen LogP contribution is 2.31. The van der Waals surface area contributed by atoms with Gasteiger partial charge in [-0.25, -0.2) is 0 Å². The summed E-state index contributed by atoms with van der Waals surface area (Å²) in [5.41, 5.74) is 1.17. The molecule has 0 aliphatic heterocycles. The topological polar surface area (TPSA) is 56.0 Å². The summed E-state index contributed by atoms with van der Waals surface area (Å²) in [6.07, 6.45) is 4.02. The molecule has 1 aliphatic carbocycles. The van der Waals surface area contributed by atoms with Crippen LogP contribution in [0.4, 0.5) is 0 Å². The van der Waals surface area contributed by atoms with Gasteiger partial charge >= 0.3 is 0 Å². The van der Waals surface area contributed by atoms with Gasteiger partial charge in [-0.15, -0.1) is 0 Å². The summed E-state index contributed by atoms with van der Waals surface area (Å²) in [7, 11) is 0. The van der Waals surface area contributed by atoms with Crippen molar-refractivity contribution in [2.45, 2.75) is 31.7 Å². The fourth-order valence-corrected chi connectivity index (χ4v) is 3.00. The molecule has 1 aliphatic rings. The quantitative estimate of drug-likeness (QED) is 0.824. The van der Waals surface area contributed by atoms with Gasteiger partial charge in [-0.05, 0) is 36.8 Å². The van der Waals surface area contributed by atoms with Crippen LogP contribution in [0.1, 0.15) is 37.3 Å². The second kappa shape index (κ2) is 7.28. The Morgan fingerprint density at radius 1 is 1.26 bits per heavy atom. The van der Waals surface area contributed by atoms with Crippen LogP contribution >= 0.6 is 0 Å². The van der Waals surface area contributed by atoms with E-state index in [0.29, 0.717) is 24.9 Å². The summed E-state index contributed by atoms with van der Waals surface area (Å²) in [4.78, 5) is 0. The van der Waals surface area contributed by atoms with Gasteiger partial charge in [0.25, 0.3) is 0 Å². The molecule has 1 fully saturated rings. The summed E-state index contributed by atoms with van der Waals surface area (Å²) < 4.78 is 0. The van der Waals surface area contributed by atoms with Gasteiger partial charge < -0.3 is 10.4 Å². The number of aliphatic hydroxyl groups excluding tert-OH is 1. The highest BCUT2D eigenvalue weighted by molar-refractivity contribution is 5.19. The molecule has 1 saturated carbocycles. The van der Waals surface area contributed by atoms with Gasteiger partial charge in [0, 0.05) is 12.6 Å². The number of hydrogen-bond donors (Lipinski definition) is 2. The summed E-state index contributed by atoms with van der Waals surface area (Å²) >= 11 is 0. The van der Waals surface area contributed by atoms with Crippen molar-refractivity contribution in [3.63, 3.8) is 0 Å². The molecule has 2 N–H and O–H groups in total. The highest BCUT2D eigenvalue weighted by Gasteiger charge is 2.27. The minimum Gasteiger partial charge on any atom is -0.396 e. The van der Waals surface area contributed by atoms with Gasteiger partial charge in [-0.2, -0.15) is 5.26 Å². The largest absolute Gasteiger partial charge is 0.396 e. The van der Waals surface area contributed by atoms with Gasteiger partial charge in [0.1, 0.15) is 0 Å². The van der Waals surface area contributed by atoms with Gasteiger partial charge in [-0.1, -0.05) is 36.8 Å². The Kier molecular flexibility index (Phi) is 5.38. The highest BCUT2D eigenvalue weighted by atomic mass is 16.3. The molecule has 102 valence electrons. The van der Waals surface area contributed by atoms with Gasteiger partial charge in [-0.3, -0.25) is 0 Å². The van der Waals surface area contributed by atoms with Crippen molar-refractivity contribution in [2.24, 2.45) is 11.8 Å². The molecule has 0 heterocycles. The molecule has 0 amide bonds. The average Bonchev–Trinajstić information content (AvgIpc) is 2.92. The first-order valence-corrected chi connectivity index (χ1v) is 7.11. The van der Waals surface area contributed by atoms with Crippen molar-refractivity contribution < 1.29 is 5.11 Å². The van der Waals surface area contributed by atoms with Crippen LogP contribution in [0.3, 0.4) is 0 Å². The minimum absolute atomic E-state index is 0.103. The number of benzene rings is 1. The Labute approximate surface area is 115 Å². The minimum atomic E-state index is 0.103. The normalized spacial score (nSPS) is 24.0. The molecular weight excluding hydrogens is 236 g/mol. The van der Waals surface area contributed by atoms with Crippen LogP contribution < -0.4 is 5.32 Å². The summed E-state index contributed by atoms with van der Waals surface area (Å²) in [6, 6.07) is 12.5. The Morgan fingerprint density at radius 3 is 2.68 bits per heavy atom. The number of nitrogens with zero attached hydrogens (tertiary/aromatic N) is 1. The van der Waals surface area contributed by atoms with Crippen LogP contribution in [-0.4, -0.2) is 18.3 Å². The van der Waals surface area contributed by atoms with E-state index in [4.69, 9.17) is 5.26 Å². The van der Waals surface area contributed by atoms with Crippen molar-refractivity contribution in [1.29, 1.82) is 5.26 Å². The lowest BCUT2D eigenvalue weighted by Crippen LogP contribution is -2.30. The predicted molar refractivity (Wildman–Crippen MR) is 75.3 cm³/mol. The third-order valence-electron chi connectivity index (χ3n) is 4.17. The van der Waals surface area contributed by atoms with E-state index < -0.39 is 0 Å². The molecule has 3 atom stereocenters. The van der Waals surface area contributed by atoms with Crippen molar-refractivity contribution in [3.8, 4) is 6.07 Å². The van der Waals surface area contributed by atoms with Crippen LogP contribution in [0.2, 0.25) is 0 Å². The molecule has 1 aromatic rings. The molecule has 3 heteroatoms. The first kappa shape index (κ1) is 14.0. The lowest BCUT2D eigenvalue weighted by molar-refractivity contribution is 0.190. The maximum atomic E-state index is 9.34. The molecule has 0 spiro atoms. The third-order valence-corrected chi connectivity index (χ3v) is 4.17. The Bertz CT molecular complexity index is 413. The monoisotopic (exact) mass is 258 g/mol. The van der Waals surface area contributed by atoms with Crippen LogP contribution in [-0.2, 0) is 0 Å². The molecule has 0 radical (unpaired) electrons. The van der Waals surface area contributed by atoms with E-state index in [1.54, 1.807) is 0 Å². The Hall–Kier alpha value is -1.37. The molecule has 0 aromatic heterocycles. The lowest BCUT2D eigenvalue weighted by Gasteiger charge is -2.22. The molecule has 19 heavy (non-hydrogen) atoms. The molecule has 2 rings (SSSR count). The standard InChI is InChI=1S/C16H22N2O/c17-10-9-16(13-5-2-1-3-6-13)18-11-14-7-4-8-15(14)12-19/h1-3,5-6,14-16,18-19H,4,7-9,11-12H2. The fraction of sp³-hybridized carbons (Fsp3) is 0.562. The van der Waals surface area contributed by atoms with Crippen LogP contribution in [0.5, 0.6) is 0 Å². The van der Waals surface area contributed by atoms with Crippen molar-refractivity contribution in [2.75, 3.05) is 13.2 Å². The number of nitriles is 1. The number of rotatable bonds is 6. The SMILES string of the molecule is N#CCC(NCC1CCCC1CO)c1ccccc1. The third kappa shape index (κ3) is 3.79. The second-order valence-corrected chi connectivity index (χ2v) is 5.37. The molecule has 0 bridgehead atoms. The molecule has 1 aromatic carbocycles. The molecule has 3 nitrogen and oxygen atoms in total. The first-order chi connectivity index (χ1) is 9.35. The maximum absolute atomic E-state index is 9.34. The van der Waals surface area contributed by atoms with E-state index in [9.17, 15) is 5.11 Å². The molecule has 3 unspecified atom stereocenters. The van der Waals surface area contributed by atoms with Gasteiger partial charge in [0.15, 0.2) is 0 Å². The lowest BCUT2D eigenvalue weighted by atomic mass is 9.95. The number of hydrogen-bond acceptors (Lipinski definition) is 3. The van der Waals surface area contributed by atoms with E-state index in [1.165, 1.54) is 18.4 Å². The summed E-state index contributed by atoms with van der Waals surface area (Å²) in [5.74, 6) is 0.987. The Balaban J connectivity index is 1.93. The summed E-state index contributed by atoms with van der Waals surface area (Å²) in [5, 5.41) is 21.8. The van der Waals surface area contributed by atoms with E-state index in [1.807, 2.05) is 18.2 Å². The van der Waals surface area contributed by atoms with Crippen LogP contribution in [0.15, 0.2) is 30.3 Å². The zero-order valence-electron chi connectivity index (χ0n) is 11.3. The van der Waals surface area contributed by atoms with E-state index in [2.05, 4.69) is 23.5 Å². The van der Waals surface area contributed by atoms with E-state index >= 15 is 0 Å². The fourth-order valence-electron chi connectivity index (χ4n) is 3.00. The van der Waals surface area contributed by atoms with Crippen molar-refractivity contribution in [1.82, 2.24) is 5.32 Å². The number of aliphatic hydroxyl groups is 1. The van der Waals surface area contributed by atoms with Crippen LogP contribution in [0, 0.1) is 23.2 Å². The maximum Gasteiger partial charge on any atom is 0.0641 e. The Morgan fingerprint density at radius 2 is 2.00 bits per heavy atom. The predicted octanol–water partition coefficient (Wildman–Crippen LogP) is 2.64. The zero-order valence-corrected chi connectivity index (χ0v) is 11.3. The van der Waals surface area contributed by atoms with Crippen molar-refractivity contribution >= 4 is 0 Å².